The predicted molar refractivity (Wildman–Crippen MR) is 44.7 cm³/mol. The Kier molecular flexibility index (Phi) is 2.00. The fourth-order valence-electron chi connectivity index (χ4n) is 1.29. The van der Waals surface area contributed by atoms with Crippen LogP contribution in [0.4, 0.5) is 8.78 Å². The number of benzene rings is 1. The zero-order valence-electron chi connectivity index (χ0n) is 6.69. The van der Waals surface area contributed by atoms with Gasteiger partial charge in [0.15, 0.2) is 0 Å². The highest BCUT2D eigenvalue weighted by Crippen LogP contribution is 2.37. The molecule has 1 fully saturated rings. The van der Waals surface area contributed by atoms with Crippen molar-refractivity contribution in [2.45, 2.75) is 4.87 Å². The molecule has 0 bridgehead atoms. The lowest BCUT2D eigenvalue weighted by Gasteiger charge is -2.35. The van der Waals surface area contributed by atoms with E-state index in [0.29, 0.717) is 5.56 Å². The first-order valence-electron chi connectivity index (χ1n) is 3.84. The maximum absolute atomic E-state index is 13.2. The third-order valence-corrected chi connectivity index (χ3v) is 2.50. The molecule has 1 nitrogen and oxygen atoms in total. The molecule has 0 N–H and O–H groups in total. The fourth-order valence-corrected chi connectivity index (χ4v) is 1.60. The minimum Gasteiger partial charge on any atom is -0.377 e. The molecule has 1 heterocycles. The fraction of sp³-hybridized carbons (Fsp3) is 0.333. The first-order chi connectivity index (χ1) is 6.12. The quantitative estimate of drug-likeness (QED) is 0.639. The van der Waals surface area contributed by atoms with Gasteiger partial charge in [-0.1, -0.05) is 6.07 Å². The standard InChI is InChI=1S/C9H7ClF2O/c10-9(4-13-5-9)7-2-1-6(11)3-8(7)12/h1-3H,4-5H2. The summed E-state index contributed by atoms with van der Waals surface area (Å²) in [5, 5.41) is 0. The second-order valence-electron chi connectivity index (χ2n) is 3.08. The Bertz CT molecular complexity index is 336. The smallest absolute Gasteiger partial charge is 0.131 e. The van der Waals surface area contributed by atoms with Gasteiger partial charge >= 0.3 is 0 Å². The average Bonchev–Trinajstić information content (AvgIpc) is 2.00. The minimum absolute atomic E-state index is 0.275. The van der Waals surface area contributed by atoms with Gasteiger partial charge in [0.05, 0.1) is 13.2 Å². The van der Waals surface area contributed by atoms with Crippen LogP contribution in [0.5, 0.6) is 0 Å². The van der Waals surface area contributed by atoms with Crippen LogP contribution < -0.4 is 0 Å². The topological polar surface area (TPSA) is 9.23 Å². The van der Waals surface area contributed by atoms with Gasteiger partial charge in [-0.05, 0) is 6.07 Å². The highest BCUT2D eigenvalue weighted by atomic mass is 35.5. The Morgan fingerprint density at radius 3 is 2.46 bits per heavy atom. The maximum Gasteiger partial charge on any atom is 0.131 e. The molecule has 1 saturated heterocycles. The molecule has 0 saturated carbocycles. The van der Waals surface area contributed by atoms with E-state index in [-0.39, 0.29) is 13.2 Å². The van der Waals surface area contributed by atoms with Crippen molar-refractivity contribution in [2.24, 2.45) is 0 Å². The third-order valence-electron chi connectivity index (χ3n) is 2.08. The van der Waals surface area contributed by atoms with E-state index in [1.807, 2.05) is 0 Å². The molecule has 0 spiro atoms. The highest BCUT2D eigenvalue weighted by molar-refractivity contribution is 6.24. The minimum atomic E-state index is -0.794. The summed E-state index contributed by atoms with van der Waals surface area (Å²) >= 11 is 6.00. The highest BCUT2D eigenvalue weighted by Gasteiger charge is 2.40. The van der Waals surface area contributed by atoms with Gasteiger partial charge in [-0.3, -0.25) is 0 Å². The number of alkyl halides is 1. The summed E-state index contributed by atoms with van der Waals surface area (Å²) in [7, 11) is 0. The molecule has 0 unspecified atom stereocenters. The predicted octanol–water partition coefficient (Wildman–Crippen LogP) is 2.43. The van der Waals surface area contributed by atoms with E-state index in [4.69, 9.17) is 16.3 Å². The van der Waals surface area contributed by atoms with Crippen molar-refractivity contribution < 1.29 is 13.5 Å². The Hall–Kier alpha value is -0.670. The van der Waals surface area contributed by atoms with Crippen LogP contribution in [-0.4, -0.2) is 13.2 Å². The molecule has 0 aliphatic carbocycles. The van der Waals surface area contributed by atoms with Crippen molar-refractivity contribution in [3.05, 3.63) is 35.4 Å². The van der Waals surface area contributed by atoms with E-state index in [1.165, 1.54) is 12.1 Å². The van der Waals surface area contributed by atoms with E-state index in [2.05, 4.69) is 0 Å². The summed E-state index contributed by atoms with van der Waals surface area (Å²) in [5.41, 5.74) is 0.307. The molecular weight excluding hydrogens is 198 g/mol. The molecular formula is C9H7ClF2O. The summed E-state index contributed by atoms with van der Waals surface area (Å²) in [6, 6.07) is 3.39. The van der Waals surface area contributed by atoms with Crippen molar-refractivity contribution in [1.82, 2.24) is 0 Å². The van der Waals surface area contributed by atoms with Crippen molar-refractivity contribution in [1.29, 1.82) is 0 Å². The van der Waals surface area contributed by atoms with Gasteiger partial charge in [0, 0.05) is 11.6 Å². The molecule has 13 heavy (non-hydrogen) atoms. The summed E-state index contributed by atoms with van der Waals surface area (Å²) in [6.07, 6.45) is 0. The van der Waals surface area contributed by atoms with Crippen molar-refractivity contribution >= 4 is 11.6 Å². The van der Waals surface area contributed by atoms with E-state index in [0.717, 1.165) is 6.07 Å². The summed E-state index contributed by atoms with van der Waals surface area (Å²) in [4.78, 5) is -0.794. The van der Waals surface area contributed by atoms with Crippen LogP contribution in [0, 0.1) is 11.6 Å². The van der Waals surface area contributed by atoms with Crippen LogP contribution >= 0.6 is 11.6 Å². The molecule has 0 radical (unpaired) electrons. The van der Waals surface area contributed by atoms with Gasteiger partial charge in [-0.2, -0.15) is 0 Å². The lowest BCUT2D eigenvalue weighted by atomic mass is 9.96. The van der Waals surface area contributed by atoms with E-state index in [9.17, 15) is 8.78 Å². The molecule has 4 heteroatoms. The summed E-state index contributed by atoms with van der Waals surface area (Å²) in [6.45, 7) is 0.550. The van der Waals surface area contributed by atoms with Crippen LogP contribution in [0.1, 0.15) is 5.56 Å². The Morgan fingerprint density at radius 2 is 2.00 bits per heavy atom. The molecule has 1 aliphatic heterocycles. The Labute approximate surface area is 79.3 Å². The van der Waals surface area contributed by atoms with Crippen LogP contribution in [0.25, 0.3) is 0 Å². The average molecular weight is 205 g/mol. The van der Waals surface area contributed by atoms with E-state index in [1.54, 1.807) is 0 Å². The Balaban J connectivity index is 2.40. The molecule has 2 rings (SSSR count). The SMILES string of the molecule is Fc1ccc(C2(Cl)COC2)c(F)c1. The Morgan fingerprint density at radius 1 is 1.31 bits per heavy atom. The van der Waals surface area contributed by atoms with Crippen molar-refractivity contribution in [2.75, 3.05) is 13.2 Å². The number of hydrogen-bond donors (Lipinski definition) is 0. The summed E-state index contributed by atoms with van der Waals surface area (Å²) < 4.78 is 30.6. The van der Waals surface area contributed by atoms with Gasteiger partial charge in [-0.25, -0.2) is 8.78 Å². The number of halogens is 3. The second kappa shape index (κ2) is 2.93. The maximum atomic E-state index is 13.2. The number of hydrogen-bond acceptors (Lipinski definition) is 1. The van der Waals surface area contributed by atoms with E-state index >= 15 is 0 Å². The van der Waals surface area contributed by atoms with Gasteiger partial charge in [-0.15, -0.1) is 11.6 Å². The zero-order valence-corrected chi connectivity index (χ0v) is 7.44. The molecule has 1 aromatic carbocycles. The van der Waals surface area contributed by atoms with Gasteiger partial charge in [0.1, 0.15) is 16.5 Å². The van der Waals surface area contributed by atoms with Gasteiger partial charge in [0.2, 0.25) is 0 Å². The van der Waals surface area contributed by atoms with Crippen molar-refractivity contribution in [3.8, 4) is 0 Å². The monoisotopic (exact) mass is 204 g/mol. The zero-order chi connectivity index (χ0) is 9.47. The largest absolute Gasteiger partial charge is 0.377 e. The number of rotatable bonds is 1. The molecule has 0 atom stereocenters. The normalized spacial score (nSPS) is 19.6. The molecule has 0 amide bonds. The van der Waals surface area contributed by atoms with Crippen LogP contribution in [0.2, 0.25) is 0 Å². The third kappa shape index (κ3) is 1.42. The summed E-state index contributed by atoms with van der Waals surface area (Å²) in [5.74, 6) is -1.21. The first-order valence-corrected chi connectivity index (χ1v) is 4.22. The van der Waals surface area contributed by atoms with Crippen molar-refractivity contribution in [3.63, 3.8) is 0 Å². The lowest BCUT2D eigenvalue weighted by Crippen LogP contribution is -2.42. The van der Waals surface area contributed by atoms with Gasteiger partial charge in [0.25, 0.3) is 0 Å². The number of ether oxygens (including phenoxy) is 1. The first kappa shape index (κ1) is 8.91. The molecule has 70 valence electrons. The van der Waals surface area contributed by atoms with Crippen LogP contribution in [0.15, 0.2) is 18.2 Å². The van der Waals surface area contributed by atoms with Crippen LogP contribution in [-0.2, 0) is 9.61 Å². The molecule has 1 aliphatic rings. The lowest BCUT2D eigenvalue weighted by molar-refractivity contribution is -0.0167. The van der Waals surface area contributed by atoms with E-state index < -0.39 is 16.5 Å². The van der Waals surface area contributed by atoms with Crippen LogP contribution in [0.3, 0.4) is 0 Å². The molecule has 1 aromatic rings. The van der Waals surface area contributed by atoms with Gasteiger partial charge < -0.3 is 4.74 Å². The second-order valence-corrected chi connectivity index (χ2v) is 3.81. The molecule has 0 aromatic heterocycles.